The van der Waals surface area contributed by atoms with Gasteiger partial charge in [-0.25, -0.2) is 0 Å². The molecule has 0 aliphatic rings. The fraction of sp³-hybridized carbons (Fsp3) is 0. The van der Waals surface area contributed by atoms with Crippen LogP contribution in [0.1, 0.15) is 4.11 Å². The molecule has 18 heavy (non-hydrogen) atoms. The first-order valence-electron chi connectivity index (χ1n) is 7.08. The van der Waals surface area contributed by atoms with Gasteiger partial charge in [0, 0.05) is 15.2 Å². The summed E-state index contributed by atoms with van der Waals surface area (Å²) in [6.45, 7) is 0. The second-order valence-corrected chi connectivity index (χ2v) is 4.98. The molecule has 0 spiro atoms. The lowest BCUT2D eigenvalue weighted by Gasteiger charge is -1.96. The van der Waals surface area contributed by atoms with Gasteiger partial charge in [-0.05, 0) is 41.0 Å². The summed E-state index contributed by atoms with van der Waals surface area (Å²) in [6, 6.07) is 12.0. The van der Waals surface area contributed by atoms with Crippen LogP contribution in [-0.4, -0.2) is 0 Å². The van der Waals surface area contributed by atoms with Gasteiger partial charge in [-0.1, -0.05) is 40.2 Å². The van der Waals surface area contributed by atoms with Crippen LogP contribution in [0, 0.1) is 0 Å². The molecule has 0 bridgehead atoms. The molecule has 86 valence electrons. The Labute approximate surface area is 116 Å². The Bertz CT molecular complexity index is 1040. The minimum atomic E-state index is -0.0175. The lowest BCUT2D eigenvalue weighted by Crippen LogP contribution is -1.72. The number of fused-ring (bicyclic) bond motifs is 4. The van der Waals surface area contributed by atoms with E-state index in [0.29, 0.717) is 21.0 Å². The second kappa shape index (κ2) is 3.59. The summed E-state index contributed by atoms with van der Waals surface area (Å²) in [5.41, 5.74) is 0.946. The SMILES string of the molecule is [2H]c1c(Br)c([2H])c2c(oc3cc4ccccc4cc32)c1[2H]. The van der Waals surface area contributed by atoms with E-state index in [1.165, 1.54) is 0 Å². The minimum Gasteiger partial charge on any atom is -0.456 e. The maximum Gasteiger partial charge on any atom is 0.136 e. The number of hydrogen-bond donors (Lipinski definition) is 0. The van der Waals surface area contributed by atoms with Gasteiger partial charge in [-0.15, -0.1) is 0 Å². The van der Waals surface area contributed by atoms with E-state index in [0.717, 1.165) is 16.2 Å². The zero-order chi connectivity index (χ0) is 14.7. The van der Waals surface area contributed by atoms with E-state index >= 15 is 0 Å². The van der Waals surface area contributed by atoms with E-state index in [-0.39, 0.29) is 18.1 Å². The number of furan rings is 1. The maximum atomic E-state index is 8.22. The Hall–Kier alpha value is -1.80. The molecule has 0 N–H and O–H groups in total. The first kappa shape index (κ1) is 7.59. The zero-order valence-corrected chi connectivity index (χ0v) is 10.8. The lowest BCUT2D eigenvalue weighted by molar-refractivity contribution is 0.669. The average molecular weight is 300 g/mol. The Kier molecular flexibility index (Phi) is 1.52. The van der Waals surface area contributed by atoms with Crippen molar-refractivity contribution in [3.63, 3.8) is 0 Å². The third-order valence-corrected chi connectivity index (χ3v) is 3.47. The van der Waals surface area contributed by atoms with E-state index in [9.17, 15) is 0 Å². The quantitative estimate of drug-likeness (QED) is 0.418. The molecule has 0 amide bonds. The highest BCUT2D eigenvalue weighted by molar-refractivity contribution is 9.10. The van der Waals surface area contributed by atoms with Gasteiger partial charge < -0.3 is 4.42 Å². The zero-order valence-electron chi connectivity index (χ0n) is 12.3. The minimum absolute atomic E-state index is 0.00753. The first-order chi connectivity index (χ1) is 10.1. The Morgan fingerprint density at radius 3 is 2.56 bits per heavy atom. The van der Waals surface area contributed by atoms with Crippen molar-refractivity contribution >= 4 is 48.6 Å². The molecule has 2 heteroatoms. The fourth-order valence-corrected chi connectivity index (χ4v) is 2.54. The Morgan fingerprint density at radius 2 is 1.72 bits per heavy atom. The van der Waals surface area contributed by atoms with Crippen molar-refractivity contribution in [3.8, 4) is 0 Å². The van der Waals surface area contributed by atoms with Gasteiger partial charge in [0.05, 0.1) is 4.11 Å². The van der Waals surface area contributed by atoms with Crippen molar-refractivity contribution in [2.24, 2.45) is 0 Å². The van der Waals surface area contributed by atoms with Crippen molar-refractivity contribution < 1.29 is 8.53 Å². The van der Waals surface area contributed by atoms with Crippen molar-refractivity contribution in [2.75, 3.05) is 0 Å². The molecule has 0 unspecified atom stereocenters. The predicted octanol–water partition coefficient (Wildman–Crippen LogP) is 5.50. The number of hydrogen-bond acceptors (Lipinski definition) is 1. The molecule has 0 saturated carbocycles. The van der Waals surface area contributed by atoms with Crippen LogP contribution in [0.5, 0.6) is 0 Å². The summed E-state index contributed by atoms with van der Waals surface area (Å²) in [4.78, 5) is 0. The van der Waals surface area contributed by atoms with E-state index in [1.54, 1.807) is 0 Å². The van der Waals surface area contributed by atoms with E-state index in [4.69, 9.17) is 8.53 Å². The van der Waals surface area contributed by atoms with Gasteiger partial charge in [0.25, 0.3) is 0 Å². The van der Waals surface area contributed by atoms with Crippen molar-refractivity contribution in [2.45, 2.75) is 0 Å². The summed E-state index contributed by atoms with van der Waals surface area (Å²) in [5, 5.41) is 3.50. The monoisotopic (exact) mass is 299 g/mol. The normalized spacial score (nSPS) is 13.9. The highest BCUT2D eigenvalue weighted by Gasteiger charge is 2.08. The largest absolute Gasteiger partial charge is 0.456 e. The summed E-state index contributed by atoms with van der Waals surface area (Å²) in [7, 11) is 0. The fourth-order valence-electron chi connectivity index (χ4n) is 2.25. The van der Waals surface area contributed by atoms with Crippen LogP contribution in [0.25, 0.3) is 32.7 Å². The summed E-state index contributed by atoms with van der Waals surface area (Å²) in [5.74, 6) is 0. The Balaban J connectivity index is 2.30. The summed E-state index contributed by atoms with van der Waals surface area (Å²) in [6.07, 6.45) is 0. The molecule has 4 rings (SSSR count). The predicted molar refractivity (Wildman–Crippen MR) is 78.9 cm³/mol. The van der Waals surface area contributed by atoms with Crippen LogP contribution in [0.15, 0.2) is 63.4 Å². The van der Waals surface area contributed by atoms with Crippen molar-refractivity contribution in [1.29, 1.82) is 0 Å². The molecule has 0 saturated heterocycles. The molecular weight excluding hydrogens is 288 g/mol. The topological polar surface area (TPSA) is 13.1 Å². The van der Waals surface area contributed by atoms with Gasteiger partial charge in [0.15, 0.2) is 0 Å². The second-order valence-electron chi connectivity index (χ2n) is 4.19. The smallest absolute Gasteiger partial charge is 0.136 e. The Morgan fingerprint density at radius 1 is 0.944 bits per heavy atom. The van der Waals surface area contributed by atoms with Crippen molar-refractivity contribution in [3.05, 3.63) is 59.0 Å². The highest BCUT2D eigenvalue weighted by Crippen LogP contribution is 2.33. The molecule has 0 fully saturated rings. The highest BCUT2D eigenvalue weighted by atomic mass is 79.9. The van der Waals surface area contributed by atoms with Crippen LogP contribution in [0.4, 0.5) is 0 Å². The van der Waals surface area contributed by atoms with Crippen LogP contribution < -0.4 is 0 Å². The van der Waals surface area contributed by atoms with E-state index < -0.39 is 0 Å². The molecular formula is C16H9BrO. The third kappa shape index (κ3) is 1.39. The molecule has 0 atom stereocenters. The van der Waals surface area contributed by atoms with Gasteiger partial charge in [-0.2, -0.15) is 0 Å². The summed E-state index contributed by atoms with van der Waals surface area (Å²) < 4.78 is 30.2. The molecule has 0 aliphatic carbocycles. The van der Waals surface area contributed by atoms with Crippen molar-refractivity contribution in [1.82, 2.24) is 0 Å². The number of halogens is 1. The first-order valence-corrected chi connectivity index (χ1v) is 6.37. The van der Waals surface area contributed by atoms with Crippen LogP contribution in [0.2, 0.25) is 0 Å². The number of benzene rings is 3. The molecule has 1 nitrogen and oxygen atoms in total. The average Bonchev–Trinajstić information content (AvgIpc) is 2.87. The van der Waals surface area contributed by atoms with Gasteiger partial charge in [-0.3, -0.25) is 0 Å². The molecule has 1 aromatic heterocycles. The number of rotatable bonds is 0. The summed E-state index contributed by atoms with van der Waals surface area (Å²) >= 11 is 3.23. The van der Waals surface area contributed by atoms with Crippen LogP contribution in [-0.2, 0) is 0 Å². The maximum absolute atomic E-state index is 8.22. The molecule has 0 radical (unpaired) electrons. The molecule has 4 aromatic rings. The van der Waals surface area contributed by atoms with Crippen LogP contribution in [0.3, 0.4) is 0 Å². The molecule has 3 aromatic carbocycles. The van der Waals surface area contributed by atoms with Gasteiger partial charge in [0.2, 0.25) is 0 Å². The third-order valence-electron chi connectivity index (χ3n) is 3.08. The van der Waals surface area contributed by atoms with E-state index in [1.807, 2.05) is 36.4 Å². The standard InChI is InChI=1S/C16H9BrO/c17-12-5-6-15-14(9-12)13-7-10-3-1-2-4-11(10)8-16(13)18-15/h1-9H/i5D,6D,9D. The van der Waals surface area contributed by atoms with Crippen LogP contribution >= 0.6 is 15.9 Å². The van der Waals surface area contributed by atoms with Gasteiger partial charge >= 0.3 is 0 Å². The lowest BCUT2D eigenvalue weighted by atomic mass is 10.1. The molecule has 0 aliphatic heterocycles. The molecule has 1 heterocycles. The van der Waals surface area contributed by atoms with E-state index in [2.05, 4.69) is 15.9 Å². The van der Waals surface area contributed by atoms with Gasteiger partial charge in [0.1, 0.15) is 11.2 Å².